The van der Waals surface area contributed by atoms with Crippen LogP contribution in [-0.2, 0) is 22.1 Å². The number of carboxylic acids is 1. The third kappa shape index (κ3) is 5.94. The molecule has 1 aliphatic rings. The number of alkyl halides is 3. The Morgan fingerprint density at radius 3 is 2.59 bits per heavy atom. The first-order valence-electron chi connectivity index (χ1n) is 9.26. The molecule has 6 nitrogen and oxygen atoms in total. The topological polar surface area (TPSA) is 83.5 Å². The number of nitrogens with zero attached hydrogens (tertiary/aromatic N) is 1. The van der Waals surface area contributed by atoms with Crippen LogP contribution in [0.2, 0.25) is 0 Å². The van der Waals surface area contributed by atoms with E-state index in [1.807, 2.05) is 5.38 Å². The molecule has 0 atom stereocenters. The SMILES string of the molecule is CC(C)(Sc1nc(CCOC2=CC=C(c3ccc(C(F)(F)F)cc3F)NN2)cs1)C(=O)O. The van der Waals surface area contributed by atoms with Crippen molar-refractivity contribution in [2.24, 2.45) is 0 Å². The summed E-state index contributed by atoms with van der Waals surface area (Å²) in [6, 6.07) is 2.32. The molecule has 3 rings (SSSR count). The Labute approximate surface area is 189 Å². The van der Waals surface area contributed by atoms with Crippen LogP contribution in [0.3, 0.4) is 0 Å². The molecule has 0 saturated carbocycles. The van der Waals surface area contributed by atoms with E-state index < -0.39 is 28.3 Å². The number of halogens is 4. The molecule has 0 bridgehead atoms. The van der Waals surface area contributed by atoms with Gasteiger partial charge in [0.2, 0.25) is 5.88 Å². The van der Waals surface area contributed by atoms with E-state index in [4.69, 9.17) is 4.74 Å². The number of benzene rings is 1. The zero-order valence-corrected chi connectivity index (χ0v) is 18.6. The predicted molar refractivity (Wildman–Crippen MR) is 113 cm³/mol. The zero-order chi connectivity index (χ0) is 23.5. The Kier molecular flexibility index (Phi) is 7.03. The first-order valence-corrected chi connectivity index (χ1v) is 11.0. The van der Waals surface area contributed by atoms with Crippen LogP contribution in [0.1, 0.15) is 30.7 Å². The molecule has 2 aromatic rings. The second kappa shape index (κ2) is 9.41. The van der Waals surface area contributed by atoms with Gasteiger partial charge in [-0.25, -0.2) is 9.37 Å². The molecule has 172 valence electrons. The van der Waals surface area contributed by atoms with Crippen molar-refractivity contribution in [1.82, 2.24) is 15.8 Å². The highest BCUT2D eigenvalue weighted by atomic mass is 32.2. The van der Waals surface area contributed by atoms with Crippen LogP contribution >= 0.6 is 23.1 Å². The fraction of sp³-hybridized carbons (Fsp3) is 0.300. The van der Waals surface area contributed by atoms with Crippen molar-refractivity contribution in [3.05, 3.63) is 64.3 Å². The van der Waals surface area contributed by atoms with Crippen LogP contribution in [0, 0.1) is 5.82 Å². The molecule has 1 aliphatic heterocycles. The third-order valence-electron chi connectivity index (χ3n) is 4.31. The largest absolute Gasteiger partial charge is 0.480 e. The number of carbonyl (C=O) groups is 1. The Balaban J connectivity index is 1.55. The van der Waals surface area contributed by atoms with E-state index in [2.05, 4.69) is 15.8 Å². The van der Waals surface area contributed by atoms with Gasteiger partial charge in [-0.2, -0.15) is 13.2 Å². The number of allylic oxidation sites excluding steroid dienone is 2. The average molecular weight is 490 g/mol. The summed E-state index contributed by atoms with van der Waals surface area (Å²) in [5.74, 6) is -1.58. The van der Waals surface area contributed by atoms with Crippen molar-refractivity contribution < 1.29 is 32.2 Å². The summed E-state index contributed by atoms with van der Waals surface area (Å²) in [5.41, 5.74) is 5.35. The quantitative estimate of drug-likeness (QED) is 0.363. The summed E-state index contributed by atoms with van der Waals surface area (Å²) >= 11 is 2.53. The number of thiazole rings is 1. The summed E-state index contributed by atoms with van der Waals surface area (Å²) < 4.78 is 57.4. The van der Waals surface area contributed by atoms with E-state index in [9.17, 15) is 27.5 Å². The summed E-state index contributed by atoms with van der Waals surface area (Å²) in [5, 5.41) is 11.0. The van der Waals surface area contributed by atoms with Gasteiger partial charge in [0.15, 0.2) is 4.34 Å². The van der Waals surface area contributed by atoms with Gasteiger partial charge in [0, 0.05) is 23.4 Å². The molecule has 0 fully saturated rings. The molecule has 0 spiro atoms. The van der Waals surface area contributed by atoms with Gasteiger partial charge in [0.1, 0.15) is 10.6 Å². The van der Waals surface area contributed by atoms with Crippen LogP contribution < -0.4 is 10.9 Å². The minimum atomic E-state index is -4.61. The van der Waals surface area contributed by atoms with Crippen molar-refractivity contribution in [3.8, 4) is 0 Å². The summed E-state index contributed by atoms with van der Waals surface area (Å²) in [6.45, 7) is 3.49. The van der Waals surface area contributed by atoms with E-state index in [1.54, 1.807) is 13.8 Å². The molecule has 0 unspecified atom stereocenters. The lowest BCUT2D eigenvalue weighted by atomic mass is 10.1. The van der Waals surface area contributed by atoms with Crippen molar-refractivity contribution in [3.63, 3.8) is 0 Å². The van der Waals surface area contributed by atoms with Gasteiger partial charge in [0.25, 0.3) is 0 Å². The number of hydrogen-bond donors (Lipinski definition) is 3. The molecule has 12 heteroatoms. The Hall–Kier alpha value is -2.73. The maximum atomic E-state index is 14.1. The maximum Gasteiger partial charge on any atom is 0.416 e. The minimum Gasteiger partial charge on any atom is -0.480 e. The highest BCUT2D eigenvalue weighted by Gasteiger charge is 2.31. The highest BCUT2D eigenvalue weighted by molar-refractivity contribution is 8.02. The first kappa shape index (κ1) is 23.9. The van der Waals surface area contributed by atoms with Crippen molar-refractivity contribution >= 4 is 34.8 Å². The van der Waals surface area contributed by atoms with Crippen molar-refractivity contribution in [1.29, 1.82) is 0 Å². The number of carboxylic acid groups (broad SMARTS) is 1. The van der Waals surface area contributed by atoms with Crippen LogP contribution in [0.25, 0.3) is 5.70 Å². The molecule has 1 aromatic carbocycles. The highest BCUT2D eigenvalue weighted by Crippen LogP contribution is 2.35. The van der Waals surface area contributed by atoms with Gasteiger partial charge >= 0.3 is 12.1 Å². The Morgan fingerprint density at radius 1 is 1.25 bits per heavy atom. The monoisotopic (exact) mass is 489 g/mol. The number of ether oxygens (including phenoxy) is 1. The number of rotatable bonds is 8. The first-order chi connectivity index (χ1) is 15.0. The molecule has 3 N–H and O–H groups in total. The van der Waals surface area contributed by atoms with E-state index in [0.717, 1.165) is 17.8 Å². The van der Waals surface area contributed by atoms with Gasteiger partial charge in [-0.1, -0.05) is 11.8 Å². The fourth-order valence-electron chi connectivity index (χ4n) is 2.50. The number of hydrazine groups is 1. The average Bonchev–Trinajstić information content (AvgIpc) is 3.14. The second-order valence-corrected chi connectivity index (χ2v) is 9.90. The molecule has 0 radical (unpaired) electrons. The second-order valence-electron chi connectivity index (χ2n) is 7.17. The standard InChI is InChI=1S/C20H19F4N3O3S2/c1-19(2,17(28)29)32-18-25-12(10-31-18)7-8-30-16-6-5-15(26-27-16)13-4-3-11(9-14(13)21)20(22,23)24/h3-6,9-10,26-27H,7-8H2,1-2H3,(H,28,29). The number of hydrogen-bond acceptors (Lipinski definition) is 7. The van der Waals surface area contributed by atoms with Crippen LogP contribution in [-0.4, -0.2) is 27.4 Å². The fourth-order valence-corrected chi connectivity index (χ4v) is 4.73. The molecule has 0 amide bonds. The Morgan fingerprint density at radius 2 is 2.00 bits per heavy atom. The predicted octanol–water partition coefficient (Wildman–Crippen LogP) is 4.81. The van der Waals surface area contributed by atoms with Crippen LogP contribution in [0.5, 0.6) is 0 Å². The number of aromatic nitrogens is 1. The maximum absolute atomic E-state index is 14.1. The summed E-state index contributed by atoms with van der Waals surface area (Å²) in [7, 11) is 0. The lowest BCUT2D eigenvalue weighted by Gasteiger charge is -2.20. The third-order valence-corrected chi connectivity index (χ3v) is 6.48. The van der Waals surface area contributed by atoms with Crippen LogP contribution in [0.15, 0.2) is 46.0 Å². The molecular formula is C20H19F4N3O3S2. The van der Waals surface area contributed by atoms with Gasteiger partial charge in [-0.3, -0.25) is 15.6 Å². The van der Waals surface area contributed by atoms with Gasteiger partial charge in [-0.05, 0) is 38.1 Å². The molecule has 32 heavy (non-hydrogen) atoms. The smallest absolute Gasteiger partial charge is 0.416 e. The molecule has 0 aliphatic carbocycles. The molecular weight excluding hydrogens is 470 g/mol. The normalized spacial score (nSPS) is 14.2. The minimum absolute atomic E-state index is 0.0161. The number of nitrogens with one attached hydrogen (secondary N) is 2. The summed E-state index contributed by atoms with van der Waals surface area (Å²) in [6.07, 6.45) is -1.12. The lowest BCUT2D eigenvalue weighted by Crippen LogP contribution is -2.33. The van der Waals surface area contributed by atoms with Crippen molar-refractivity contribution in [2.75, 3.05) is 6.61 Å². The Bertz CT molecular complexity index is 1060. The van der Waals surface area contributed by atoms with Crippen molar-refractivity contribution in [2.45, 2.75) is 35.5 Å². The van der Waals surface area contributed by atoms with E-state index in [1.165, 1.54) is 35.3 Å². The molecule has 2 heterocycles. The van der Waals surface area contributed by atoms with Gasteiger partial charge in [-0.15, -0.1) is 11.3 Å². The van der Waals surface area contributed by atoms with Gasteiger partial charge < -0.3 is 9.84 Å². The molecule has 0 saturated heterocycles. The van der Waals surface area contributed by atoms with E-state index in [-0.39, 0.29) is 17.9 Å². The van der Waals surface area contributed by atoms with Crippen LogP contribution in [0.4, 0.5) is 17.6 Å². The van der Waals surface area contributed by atoms with E-state index in [0.29, 0.717) is 22.7 Å². The van der Waals surface area contributed by atoms with Gasteiger partial charge in [0.05, 0.1) is 23.6 Å². The zero-order valence-electron chi connectivity index (χ0n) is 16.9. The number of aliphatic carboxylic acids is 1. The number of thioether (sulfide) groups is 1. The lowest BCUT2D eigenvalue weighted by molar-refractivity contribution is -0.139. The molecule has 1 aromatic heterocycles. The summed E-state index contributed by atoms with van der Waals surface area (Å²) in [4.78, 5) is 15.6. The van der Waals surface area contributed by atoms with E-state index >= 15 is 0 Å².